The molecule has 10 rings (SSSR count). The van der Waals surface area contributed by atoms with E-state index in [4.69, 9.17) is 0 Å². The van der Waals surface area contributed by atoms with Gasteiger partial charge >= 0.3 is 0 Å². The third-order valence-corrected chi connectivity index (χ3v) is 13.2. The largest absolute Gasteiger partial charge is 0.0777 e. The Morgan fingerprint density at radius 3 is 1.05 bits per heavy atom. The van der Waals surface area contributed by atoms with Gasteiger partial charge in [-0.15, -0.1) is 0 Å². The van der Waals surface area contributed by atoms with Crippen LogP contribution in [0.15, 0.2) is 72.8 Å². The normalized spacial score (nSPS) is 50.4. The molecule has 0 nitrogen and oxygen atoms in total. The van der Waals surface area contributed by atoms with Gasteiger partial charge in [-0.3, -0.25) is 0 Å². The lowest BCUT2D eigenvalue weighted by Crippen LogP contribution is -2.70. The zero-order chi connectivity index (χ0) is 27.5. The van der Waals surface area contributed by atoms with Crippen LogP contribution in [0.2, 0.25) is 0 Å². The number of rotatable bonds is 5. The van der Waals surface area contributed by atoms with Gasteiger partial charge in [0.2, 0.25) is 0 Å². The maximum Gasteiger partial charge on any atom is -0.00990 e. The molecule has 0 amide bonds. The van der Waals surface area contributed by atoms with Crippen molar-refractivity contribution in [1.82, 2.24) is 0 Å². The van der Waals surface area contributed by atoms with Crippen molar-refractivity contribution < 1.29 is 0 Å². The van der Waals surface area contributed by atoms with Gasteiger partial charge in [-0.05, 0) is 131 Å². The summed E-state index contributed by atoms with van der Waals surface area (Å²) >= 11 is 0. The topological polar surface area (TPSA) is 0 Å². The summed E-state index contributed by atoms with van der Waals surface area (Å²) in [6.45, 7) is 10.8. The second-order valence-electron chi connectivity index (χ2n) is 18.1. The SMILES string of the molecule is CC12CC3(C)CC(/C=C/c4ccccc4)(C1)CC(C14CC5(C)CC(C)(CC(/C=C/c6ccccc6)(C5)C1)C4)(C2)C3. The molecule has 8 bridgehead atoms. The highest BCUT2D eigenvalue weighted by molar-refractivity contribution is 5.52. The minimum atomic E-state index is 0.367. The Labute approximate surface area is 243 Å². The molecule has 2 aromatic rings. The molecule has 8 aliphatic carbocycles. The first-order chi connectivity index (χ1) is 18.9. The van der Waals surface area contributed by atoms with E-state index in [1.165, 1.54) is 88.2 Å². The maximum atomic E-state index is 2.74. The molecule has 0 spiro atoms. The van der Waals surface area contributed by atoms with Crippen molar-refractivity contribution in [1.29, 1.82) is 0 Å². The molecule has 0 radical (unpaired) electrons. The van der Waals surface area contributed by atoms with Crippen molar-refractivity contribution in [3.05, 3.63) is 83.9 Å². The fraction of sp³-hybridized carbons (Fsp3) is 0.600. The van der Waals surface area contributed by atoms with Gasteiger partial charge in [0.25, 0.3) is 0 Å². The van der Waals surface area contributed by atoms with E-state index >= 15 is 0 Å². The van der Waals surface area contributed by atoms with E-state index in [0.717, 1.165) is 0 Å². The Kier molecular flexibility index (Phi) is 5.02. The van der Waals surface area contributed by atoms with Crippen LogP contribution in [0.1, 0.15) is 116 Å². The molecule has 4 unspecified atom stereocenters. The van der Waals surface area contributed by atoms with Crippen LogP contribution in [0, 0.1) is 43.3 Å². The van der Waals surface area contributed by atoms with Crippen molar-refractivity contribution in [2.45, 2.75) is 105 Å². The number of benzene rings is 2. The fourth-order valence-corrected chi connectivity index (χ4v) is 14.7. The van der Waals surface area contributed by atoms with E-state index in [1.807, 2.05) is 0 Å². The summed E-state index contributed by atoms with van der Waals surface area (Å²) in [5.74, 6) is 0. The summed E-state index contributed by atoms with van der Waals surface area (Å²) in [5.41, 5.74) is 6.42. The predicted molar refractivity (Wildman–Crippen MR) is 169 cm³/mol. The summed E-state index contributed by atoms with van der Waals surface area (Å²) in [6.07, 6.45) is 27.8. The van der Waals surface area contributed by atoms with Gasteiger partial charge in [0.1, 0.15) is 0 Å². The lowest BCUT2D eigenvalue weighted by Gasteiger charge is -2.79. The third-order valence-electron chi connectivity index (χ3n) is 13.2. The molecule has 4 atom stereocenters. The van der Waals surface area contributed by atoms with Gasteiger partial charge < -0.3 is 0 Å². The van der Waals surface area contributed by atoms with Crippen LogP contribution in [0.4, 0.5) is 0 Å². The molecule has 2 aromatic carbocycles. The molecule has 0 aromatic heterocycles. The first-order valence-electron chi connectivity index (χ1n) is 16.4. The highest BCUT2D eigenvalue weighted by atomic mass is 14.8. The molecule has 0 heteroatoms. The van der Waals surface area contributed by atoms with Crippen LogP contribution in [0.5, 0.6) is 0 Å². The average Bonchev–Trinajstić information content (AvgIpc) is 2.83. The lowest BCUT2D eigenvalue weighted by molar-refractivity contribution is -0.285. The smallest absolute Gasteiger partial charge is 0.00990 e. The first kappa shape index (κ1) is 25.6. The summed E-state index contributed by atoms with van der Waals surface area (Å²) in [7, 11) is 0. The standard InChI is InChI=1S/C40H50/c1-33-19-34(2)22-37(21-33,17-15-31-11-7-5-8-12-31)29-39(25-33,26-34)40-27-35(3)20-36(4,28-40)24-38(23-35,30-40)18-16-32-13-9-6-10-14-32/h5-18H,19-30H2,1-4H3/b17-15+,18-16+. The van der Waals surface area contributed by atoms with Gasteiger partial charge in [0.05, 0.1) is 0 Å². The van der Waals surface area contributed by atoms with E-state index < -0.39 is 0 Å². The van der Waals surface area contributed by atoms with E-state index in [2.05, 4.69) is 113 Å². The van der Waals surface area contributed by atoms with Gasteiger partial charge in [0.15, 0.2) is 0 Å². The predicted octanol–water partition coefficient (Wildman–Crippen LogP) is 11.1. The molecule has 0 heterocycles. The fourth-order valence-electron chi connectivity index (χ4n) is 14.7. The molecule has 8 saturated carbocycles. The Morgan fingerprint density at radius 2 is 0.725 bits per heavy atom. The molecule has 0 aliphatic heterocycles. The average molecular weight is 531 g/mol. The first-order valence-corrected chi connectivity index (χ1v) is 16.4. The molecule has 40 heavy (non-hydrogen) atoms. The Hall–Kier alpha value is -2.08. The molecule has 0 N–H and O–H groups in total. The third kappa shape index (κ3) is 3.83. The number of hydrogen-bond donors (Lipinski definition) is 0. The van der Waals surface area contributed by atoms with Crippen LogP contribution in [0.25, 0.3) is 12.2 Å². The minimum absolute atomic E-state index is 0.367. The van der Waals surface area contributed by atoms with Gasteiger partial charge in [-0.1, -0.05) is 113 Å². The quantitative estimate of drug-likeness (QED) is 0.360. The van der Waals surface area contributed by atoms with Crippen molar-refractivity contribution >= 4 is 12.2 Å². The van der Waals surface area contributed by atoms with Crippen LogP contribution in [-0.4, -0.2) is 0 Å². The van der Waals surface area contributed by atoms with Gasteiger partial charge in [-0.2, -0.15) is 0 Å². The second-order valence-corrected chi connectivity index (χ2v) is 18.1. The Balaban J connectivity index is 1.23. The van der Waals surface area contributed by atoms with Crippen LogP contribution < -0.4 is 0 Å². The zero-order valence-electron chi connectivity index (χ0n) is 25.6. The number of allylic oxidation sites excluding steroid dienone is 2. The van der Waals surface area contributed by atoms with Crippen LogP contribution in [-0.2, 0) is 0 Å². The molecular formula is C40H50. The molecule has 8 fully saturated rings. The summed E-state index contributed by atoms with van der Waals surface area (Å²) in [5, 5.41) is 0. The monoisotopic (exact) mass is 530 g/mol. The zero-order valence-corrected chi connectivity index (χ0v) is 25.6. The second kappa shape index (κ2) is 7.85. The molecule has 0 saturated heterocycles. The van der Waals surface area contributed by atoms with Crippen LogP contribution in [0.3, 0.4) is 0 Å². The number of hydrogen-bond acceptors (Lipinski definition) is 0. The molecule has 210 valence electrons. The summed E-state index contributed by atoms with van der Waals surface area (Å²) < 4.78 is 0. The van der Waals surface area contributed by atoms with Crippen molar-refractivity contribution in [3.63, 3.8) is 0 Å². The van der Waals surface area contributed by atoms with Gasteiger partial charge in [-0.25, -0.2) is 0 Å². The van der Waals surface area contributed by atoms with Gasteiger partial charge in [0, 0.05) is 0 Å². The Bertz CT molecular complexity index is 1230. The summed E-state index contributed by atoms with van der Waals surface area (Å²) in [4.78, 5) is 0. The van der Waals surface area contributed by atoms with E-state index in [9.17, 15) is 0 Å². The van der Waals surface area contributed by atoms with Crippen molar-refractivity contribution in [2.24, 2.45) is 43.3 Å². The highest BCUT2D eigenvalue weighted by Crippen LogP contribution is 2.85. The maximum absolute atomic E-state index is 2.74. The van der Waals surface area contributed by atoms with Crippen LogP contribution >= 0.6 is 0 Å². The Morgan fingerprint density at radius 1 is 0.400 bits per heavy atom. The minimum Gasteiger partial charge on any atom is -0.0777 e. The van der Waals surface area contributed by atoms with E-state index in [1.54, 1.807) is 0 Å². The molecule has 8 aliphatic rings. The van der Waals surface area contributed by atoms with E-state index in [0.29, 0.717) is 43.3 Å². The highest BCUT2D eigenvalue weighted by Gasteiger charge is 2.75. The van der Waals surface area contributed by atoms with E-state index in [-0.39, 0.29) is 0 Å². The lowest BCUT2D eigenvalue weighted by atomic mass is 9.25. The summed E-state index contributed by atoms with van der Waals surface area (Å²) in [6, 6.07) is 22.3. The van der Waals surface area contributed by atoms with Crippen molar-refractivity contribution in [3.8, 4) is 0 Å². The molecular weight excluding hydrogens is 480 g/mol. The van der Waals surface area contributed by atoms with Crippen molar-refractivity contribution in [2.75, 3.05) is 0 Å².